The van der Waals surface area contributed by atoms with Crippen LogP contribution in [-0.2, 0) is 25.8 Å². The molecule has 1 aliphatic carbocycles. The number of amides is 4. The summed E-state index contributed by atoms with van der Waals surface area (Å²) in [5.41, 5.74) is 1.08. The molecule has 1 saturated heterocycles. The van der Waals surface area contributed by atoms with Crippen molar-refractivity contribution >= 4 is 29.6 Å². The van der Waals surface area contributed by atoms with E-state index < -0.39 is 47.4 Å². The Labute approximate surface area is 189 Å². The third-order valence-corrected chi connectivity index (χ3v) is 6.46. The minimum Gasteiger partial charge on any atom is -0.329 e. The van der Waals surface area contributed by atoms with Crippen molar-refractivity contribution in [3.8, 4) is 0 Å². The normalized spacial score (nSPS) is 26.0. The molecule has 0 aromatic heterocycles. The minimum absolute atomic E-state index is 0.105. The van der Waals surface area contributed by atoms with Crippen molar-refractivity contribution in [3.63, 3.8) is 0 Å². The van der Waals surface area contributed by atoms with E-state index in [1.807, 2.05) is 30.3 Å². The van der Waals surface area contributed by atoms with E-state index in [9.17, 15) is 24.0 Å². The molecular weight excluding hydrogens is 424 g/mol. The van der Waals surface area contributed by atoms with Gasteiger partial charge in [-0.1, -0.05) is 66.6 Å². The van der Waals surface area contributed by atoms with Crippen LogP contribution in [-0.4, -0.2) is 39.6 Å². The second kappa shape index (κ2) is 7.81. The highest BCUT2D eigenvalue weighted by Crippen LogP contribution is 2.42. The Morgan fingerprint density at radius 3 is 2.09 bits per heavy atom. The maximum absolute atomic E-state index is 13.3. The van der Waals surface area contributed by atoms with Crippen LogP contribution in [0, 0.1) is 23.7 Å². The second-order valence-electron chi connectivity index (χ2n) is 8.43. The average molecular weight is 444 g/mol. The number of rotatable bonds is 4. The van der Waals surface area contributed by atoms with Crippen molar-refractivity contribution in [2.45, 2.75) is 13.5 Å². The molecule has 0 spiro atoms. The first kappa shape index (κ1) is 20.8. The SMILES string of the molecule is CC1C=CC2C(=O)N(Cc3ccccc3)C(=O)C2C1C(=O)ON1C(=O)c2ccccc2C1=O. The lowest BCUT2D eigenvalue weighted by Crippen LogP contribution is -2.43. The van der Waals surface area contributed by atoms with Crippen LogP contribution in [0.5, 0.6) is 0 Å². The van der Waals surface area contributed by atoms with E-state index in [4.69, 9.17) is 4.84 Å². The molecule has 8 heteroatoms. The van der Waals surface area contributed by atoms with E-state index in [1.165, 1.54) is 12.1 Å². The summed E-state index contributed by atoms with van der Waals surface area (Å²) < 4.78 is 0. The molecule has 1 fully saturated rings. The van der Waals surface area contributed by atoms with Gasteiger partial charge in [-0.2, -0.15) is 0 Å². The third-order valence-electron chi connectivity index (χ3n) is 6.46. The molecule has 33 heavy (non-hydrogen) atoms. The summed E-state index contributed by atoms with van der Waals surface area (Å²) in [5.74, 6) is -6.40. The summed E-state index contributed by atoms with van der Waals surface area (Å²) in [6, 6.07) is 15.3. The molecule has 3 aliphatic rings. The van der Waals surface area contributed by atoms with Crippen molar-refractivity contribution in [2.24, 2.45) is 23.7 Å². The molecule has 2 aliphatic heterocycles. The number of benzene rings is 2. The van der Waals surface area contributed by atoms with Crippen LogP contribution < -0.4 is 0 Å². The van der Waals surface area contributed by atoms with Gasteiger partial charge in [0.05, 0.1) is 35.4 Å². The van der Waals surface area contributed by atoms with Gasteiger partial charge < -0.3 is 4.84 Å². The summed E-state index contributed by atoms with van der Waals surface area (Å²) in [7, 11) is 0. The highest BCUT2D eigenvalue weighted by atomic mass is 16.7. The zero-order valence-electron chi connectivity index (χ0n) is 17.7. The third kappa shape index (κ3) is 3.26. The molecule has 166 valence electrons. The van der Waals surface area contributed by atoms with Gasteiger partial charge in [-0.05, 0) is 23.6 Å². The molecule has 4 atom stereocenters. The molecule has 2 aromatic carbocycles. The van der Waals surface area contributed by atoms with Gasteiger partial charge in [-0.3, -0.25) is 24.1 Å². The molecule has 0 bridgehead atoms. The number of hydrogen-bond acceptors (Lipinski definition) is 6. The Hall–Kier alpha value is -4.07. The largest absolute Gasteiger partial charge is 0.337 e. The van der Waals surface area contributed by atoms with Gasteiger partial charge in [0.15, 0.2) is 0 Å². The fraction of sp³-hybridized carbons (Fsp3) is 0.240. The fourth-order valence-electron chi connectivity index (χ4n) is 4.78. The first-order valence-corrected chi connectivity index (χ1v) is 10.7. The zero-order valence-corrected chi connectivity index (χ0v) is 17.7. The van der Waals surface area contributed by atoms with Gasteiger partial charge >= 0.3 is 5.97 Å². The smallest absolute Gasteiger partial charge is 0.329 e. The first-order chi connectivity index (χ1) is 15.9. The topological polar surface area (TPSA) is 101 Å². The number of nitrogens with zero attached hydrogens (tertiary/aromatic N) is 2. The van der Waals surface area contributed by atoms with Gasteiger partial charge in [0.2, 0.25) is 11.8 Å². The maximum atomic E-state index is 13.3. The monoisotopic (exact) mass is 444 g/mol. The van der Waals surface area contributed by atoms with Crippen LogP contribution in [0.4, 0.5) is 0 Å². The summed E-state index contributed by atoms with van der Waals surface area (Å²) in [5, 5.41) is 0.441. The summed E-state index contributed by atoms with van der Waals surface area (Å²) in [6.45, 7) is 1.84. The molecule has 5 rings (SSSR count). The van der Waals surface area contributed by atoms with Gasteiger partial charge in [0, 0.05) is 0 Å². The van der Waals surface area contributed by atoms with Crippen molar-refractivity contribution in [3.05, 3.63) is 83.4 Å². The molecule has 2 heterocycles. The summed E-state index contributed by atoms with van der Waals surface area (Å²) in [6.07, 6.45) is 3.36. The number of hydrogen-bond donors (Lipinski definition) is 0. The van der Waals surface area contributed by atoms with Crippen molar-refractivity contribution < 1.29 is 28.8 Å². The van der Waals surface area contributed by atoms with Crippen LogP contribution in [0.2, 0.25) is 0 Å². The molecular formula is C25H20N2O6. The second-order valence-corrected chi connectivity index (χ2v) is 8.43. The van der Waals surface area contributed by atoms with E-state index in [0.29, 0.717) is 5.06 Å². The van der Waals surface area contributed by atoms with E-state index in [2.05, 4.69) is 0 Å². The fourth-order valence-corrected chi connectivity index (χ4v) is 4.78. The van der Waals surface area contributed by atoms with Crippen molar-refractivity contribution in [1.82, 2.24) is 9.96 Å². The molecule has 0 N–H and O–H groups in total. The van der Waals surface area contributed by atoms with Crippen LogP contribution in [0.15, 0.2) is 66.7 Å². The number of likely N-dealkylation sites (tertiary alicyclic amines) is 1. The number of hydroxylamine groups is 2. The van der Waals surface area contributed by atoms with Crippen molar-refractivity contribution in [2.75, 3.05) is 0 Å². The van der Waals surface area contributed by atoms with Gasteiger partial charge in [0.25, 0.3) is 11.8 Å². The maximum Gasteiger partial charge on any atom is 0.337 e. The molecule has 4 unspecified atom stereocenters. The number of allylic oxidation sites excluding steroid dienone is 1. The Balaban J connectivity index is 1.39. The number of fused-ring (bicyclic) bond motifs is 2. The van der Waals surface area contributed by atoms with Crippen LogP contribution in [0.3, 0.4) is 0 Å². The van der Waals surface area contributed by atoms with Gasteiger partial charge in [0.1, 0.15) is 0 Å². The van der Waals surface area contributed by atoms with Gasteiger partial charge in [-0.25, -0.2) is 4.79 Å². The predicted molar refractivity (Wildman–Crippen MR) is 114 cm³/mol. The minimum atomic E-state index is -1.01. The standard InChI is InChI=1S/C25H20N2O6/c1-14-11-12-18-20(24(31)26(21(18)28)13-15-7-3-2-4-8-15)19(14)25(32)33-27-22(29)16-9-5-6-10-17(16)23(27)30/h2-12,14,18-20H,13H2,1H3. The molecule has 4 amide bonds. The van der Waals surface area contributed by atoms with Crippen LogP contribution in [0.25, 0.3) is 0 Å². The lowest BCUT2D eigenvalue weighted by atomic mass is 9.72. The molecule has 2 aromatic rings. The van der Waals surface area contributed by atoms with E-state index in [0.717, 1.165) is 10.5 Å². The number of carbonyl (C=O) groups excluding carboxylic acids is 5. The highest BCUT2D eigenvalue weighted by Gasteiger charge is 2.55. The molecule has 0 saturated carbocycles. The van der Waals surface area contributed by atoms with E-state index in [1.54, 1.807) is 31.2 Å². The van der Waals surface area contributed by atoms with E-state index in [-0.39, 0.29) is 23.6 Å². The van der Waals surface area contributed by atoms with Crippen LogP contribution >= 0.6 is 0 Å². The van der Waals surface area contributed by atoms with Crippen LogP contribution in [0.1, 0.15) is 33.2 Å². The number of carbonyl (C=O) groups is 5. The highest BCUT2D eigenvalue weighted by molar-refractivity contribution is 6.21. The Morgan fingerprint density at radius 1 is 0.848 bits per heavy atom. The van der Waals surface area contributed by atoms with Gasteiger partial charge in [-0.15, -0.1) is 0 Å². The Bertz CT molecular complexity index is 1190. The van der Waals surface area contributed by atoms with Crippen molar-refractivity contribution in [1.29, 1.82) is 0 Å². The molecule has 0 radical (unpaired) electrons. The Morgan fingerprint density at radius 2 is 1.45 bits per heavy atom. The first-order valence-electron chi connectivity index (χ1n) is 10.7. The Kier molecular flexibility index (Phi) is 4.92. The predicted octanol–water partition coefficient (Wildman–Crippen LogP) is 2.36. The summed E-state index contributed by atoms with van der Waals surface area (Å²) >= 11 is 0. The summed E-state index contributed by atoms with van der Waals surface area (Å²) in [4.78, 5) is 71.1. The zero-order chi connectivity index (χ0) is 23.3. The lowest BCUT2D eigenvalue weighted by Gasteiger charge is -2.30. The van der Waals surface area contributed by atoms with E-state index >= 15 is 0 Å². The molecule has 8 nitrogen and oxygen atoms in total. The quantitative estimate of drug-likeness (QED) is 0.530. The average Bonchev–Trinajstić information content (AvgIpc) is 3.20. The lowest BCUT2D eigenvalue weighted by molar-refractivity contribution is -0.179. The number of imide groups is 2.